The molecule has 0 saturated carbocycles. The van der Waals surface area contributed by atoms with E-state index in [1.165, 1.54) is 5.56 Å². The molecule has 4 heteroatoms. The van der Waals surface area contributed by atoms with Crippen LogP contribution in [0.4, 0.5) is 0 Å². The van der Waals surface area contributed by atoms with Crippen molar-refractivity contribution in [2.75, 3.05) is 26.4 Å². The molecule has 0 radical (unpaired) electrons. The highest BCUT2D eigenvalue weighted by atomic mass is 79.9. The highest BCUT2D eigenvalue weighted by Gasteiger charge is 2.05. The van der Waals surface area contributed by atoms with Crippen LogP contribution >= 0.6 is 15.9 Å². The van der Waals surface area contributed by atoms with Gasteiger partial charge in [0.25, 0.3) is 0 Å². The summed E-state index contributed by atoms with van der Waals surface area (Å²) in [5, 5.41) is 3.45. The summed E-state index contributed by atoms with van der Waals surface area (Å²) >= 11 is 3.51. The molecule has 3 nitrogen and oxygen atoms in total. The Morgan fingerprint density at radius 1 is 1.20 bits per heavy atom. The van der Waals surface area contributed by atoms with Crippen molar-refractivity contribution in [3.63, 3.8) is 0 Å². The van der Waals surface area contributed by atoms with E-state index in [9.17, 15) is 0 Å². The molecule has 1 N–H and O–H groups in total. The molecule has 0 spiro atoms. The van der Waals surface area contributed by atoms with E-state index in [1.54, 1.807) is 0 Å². The predicted octanol–water partition coefficient (Wildman–Crippen LogP) is 4.00. The molecule has 0 unspecified atom stereocenters. The van der Waals surface area contributed by atoms with Gasteiger partial charge in [-0.1, -0.05) is 36.7 Å². The van der Waals surface area contributed by atoms with Crippen molar-refractivity contribution in [3.05, 3.63) is 28.2 Å². The minimum atomic E-state index is 0.596. The van der Waals surface area contributed by atoms with E-state index in [0.717, 1.165) is 36.3 Å². The van der Waals surface area contributed by atoms with Gasteiger partial charge in [0.05, 0.1) is 6.61 Å². The molecule has 0 atom stereocenters. The highest BCUT2D eigenvalue weighted by molar-refractivity contribution is 9.10. The zero-order valence-electron chi connectivity index (χ0n) is 12.7. The van der Waals surface area contributed by atoms with Crippen molar-refractivity contribution >= 4 is 15.9 Å². The van der Waals surface area contributed by atoms with Crippen molar-refractivity contribution < 1.29 is 9.47 Å². The van der Waals surface area contributed by atoms with Crippen LogP contribution < -0.4 is 10.1 Å². The second-order valence-corrected chi connectivity index (χ2v) is 6.15. The fourth-order valence-corrected chi connectivity index (χ4v) is 2.19. The van der Waals surface area contributed by atoms with Crippen LogP contribution in [-0.2, 0) is 11.3 Å². The molecule has 0 amide bonds. The number of hydrogen-bond donors (Lipinski definition) is 1. The number of halogens is 1. The summed E-state index contributed by atoms with van der Waals surface area (Å²) in [6.45, 7) is 10.4. The zero-order valence-corrected chi connectivity index (χ0v) is 14.3. The van der Waals surface area contributed by atoms with Crippen LogP contribution in [0.25, 0.3) is 0 Å². The maximum absolute atomic E-state index is 5.81. The Bertz CT molecular complexity index is 383. The number of benzene rings is 1. The fraction of sp³-hybridized carbons (Fsp3) is 0.625. The van der Waals surface area contributed by atoms with Gasteiger partial charge in [0.15, 0.2) is 0 Å². The first-order chi connectivity index (χ1) is 9.63. The van der Waals surface area contributed by atoms with E-state index in [0.29, 0.717) is 19.1 Å². The lowest BCUT2D eigenvalue weighted by atomic mass is 10.2. The molecule has 1 aromatic carbocycles. The minimum Gasteiger partial charge on any atom is -0.491 e. The van der Waals surface area contributed by atoms with Gasteiger partial charge in [-0.15, -0.1) is 0 Å². The monoisotopic (exact) mass is 343 g/mol. The number of nitrogens with one attached hydrogen (secondary N) is 1. The first-order valence-electron chi connectivity index (χ1n) is 7.33. The molecule has 20 heavy (non-hydrogen) atoms. The minimum absolute atomic E-state index is 0.596. The molecule has 1 aromatic rings. The number of ether oxygens (including phenoxy) is 2. The van der Waals surface area contributed by atoms with Gasteiger partial charge >= 0.3 is 0 Å². The van der Waals surface area contributed by atoms with E-state index < -0.39 is 0 Å². The molecule has 114 valence electrons. The quantitative estimate of drug-likeness (QED) is 0.651. The third-order valence-corrected chi connectivity index (χ3v) is 3.22. The first kappa shape index (κ1) is 17.5. The van der Waals surface area contributed by atoms with Crippen LogP contribution in [0.15, 0.2) is 22.7 Å². The van der Waals surface area contributed by atoms with E-state index in [1.807, 2.05) is 12.1 Å². The SMILES string of the molecule is CCCOCCOc1ccc(Br)cc1CNCC(C)C. The second-order valence-electron chi connectivity index (χ2n) is 5.24. The standard InChI is InChI=1S/C16H26BrNO2/c1-4-7-19-8-9-20-16-6-5-15(17)10-14(16)12-18-11-13(2)3/h5-6,10,13,18H,4,7-9,11-12H2,1-3H3. The average molecular weight is 344 g/mol. The Labute approximate surface area is 131 Å². The molecule has 0 heterocycles. The van der Waals surface area contributed by atoms with Crippen LogP contribution in [0.1, 0.15) is 32.8 Å². The molecule has 0 aromatic heterocycles. The van der Waals surface area contributed by atoms with E-state index in [-0.39, 0.29) is 0 Å². The van der Waals surface area contributed by atoms with Crippen LogP contribution in [0.5, 0.6) is 5.75 Å². The van der Waals surface area contributed by atoms with Gasteiger partial charge < -0.3 is 14.8 Å². The number of hydrogen-bond acceptors (Lipinski definition) is 3. The molecular weight excluding hydrogens is 318 g/mol. The van der Waals surface area contributed by atoms with Crippen molar-refractivity contribution in [2.24, 2.45) is 5.92 Å². The molecule has 0 fully saturated rings. The van der Waals surface area contributed by atoms with Gasteiger partial charge in [0, 0.05) is 23.2 Å². The summed E-state index contributed by atoms with van der Waals surface area (Å²) in [4.78, 5) is 0. The largest absolute Gasteiger partial charge is 0.491 e. The number of rotatable bonds is 10. The Morgan fingerprint density at radius 3 is 2.70 bits per heavy atom. The lowest BCUT2D eigenvalue weighted by molar-refractivity contribution is 0.100. The summed E-state index contributed by atoms with van der Waals surface area (Å²) in [5.74, 6) is 1.58. The van der Waals surface area contributed by atoms with Gasteiger partial charge in [-0.05, 0) is 37.1 Å². The summed E-state index contributed by atoms with van der Waals surface area (Å²) in [5.41, 5.74) is 1.18. The van der Waals surface area contributed by atoms with Crippen molar-refractivity contribution in [2.45, 2.75) is 33.7 Å². The van der Waals surface area contributed by atoms with Crippen molar-refractivity contribution in [1.82, 2.24) is 5.32 Å². The van der Waals surface area contributed by atoms with Crippen LogP contribution in [0.2, 0.25) is 0 Å². The maximum atomic E-state index is 5.81. The van der Waals surface area contributed by atoms with Gasteiger partial charge in [0.2, 0.25) is 0 Å². The Morgan fingerprint density at radius 2 is 2.00 bits per heavy atom. The molecule has 0 saturated heterocycles. The summed E-state index contributed by atoms with van der Waals surface area (Å²) < 4.78 is 12.3. The maximum Gasteiger partial charge on any atom is 0.123 e. The molecule has 0 bridgehead atoms. The van der Waals surface area contributed by atoms with Crippen molar-refractivity contribution in [3.8, 4) is 5.75 Å². The zero-order chi connectivity index (χ0) is 14.8. The third kappa shape index (κ3) is 7.27. The average Bonchev–Trinajstić information content (AvgIpc) is 2.40. The Kier molecular flexibility index (Phi) is 8.90. The first-order valence-corrected chi connectivity index (χ1v) is 8.12. The van der Waals surface area contributed by atoms with Gasteiger partial charge in [-0.2, -0.15) is 0 Å². The molecule has 0 aliphatic heterocycles. The van der Waals surface area contributed by atoms with Gasteiger partial charge in [-0.25, -0.2) is 0 Å². The van der Waals surface area contributed by atoms with Gasteiger partial charge in [0.1, 0.15) is 12.4 Å². The molecule has 0 aliphatic rings. The predicted molar refractivity (Wildman–Crippen MR) is 87.3 cm³/mol. The summed E-state index contributed by atoms with van der Waals surface area (Å²) in [6.07, 6.45) is 1.04. The van der Waals surface area contributed by atoms with Crippen LogP contribution in [0.3, 0.4) is 0 Å². The van der Waals surface area contributed by atoms with E-state index in [2.05, 4.69) is 48.1 Å². The van der Waals surface area contributed by atoms with Crippen LogP contribution in [0, 0.1) is 5.92 Å². The fourth-order valence-electron chi connectivity index (χ4n) is 1.78. The van der Waals surface area contributed by atoms with E-state index in [4.69, 9.17) is 9.47 Å². The molecular formula is C16H26BrNO2. The lowest BCUT2D eigenvalue weighted by Crippen LogP contribution is -2.19. The topological polar surface area (TPSA) is 30.5 Å². The smallest absolute Gasteiger partial charge is 0.123 e. The van der Waals surface area contributed by atoms with Crippen LogP contribution in [-0.4, -0.2) is 26.4 Å². The van der Waals surface area contributed by atoms with Crippen molar-refractivity contribution in [1.29, 1.82) is 0 Å². The second kappa shape index (κ2) is 10.2. The normalized spacial score (nSPS) is 11.1. The summed E-state index contributed by atoms with van der Waals surface area (Å²) in [7, 11) is 0. The Hall–Kier alpha value is -0.580. The van der Waals surface area contributed by atoms with Gasteiger partial charge in [-0.3, -0.25) is 0 Å². The Balaban J connectivity index is 2.47. The lowest BCUT2D eigenvalue weighted by Gasteiger charge is -2.14. The van der Waals surface area contributed by atoms with E-state index >= 15 is 0 Å². The molecule has 1 rings (SSSR count). The third-order valence-electron chi connectivity index (χ3n) is 2.72. The highest BCUT2D eigenvalue weighted by Crippen LogP contribution is 2.23. The molecule has 0 aliphatic carbocycles. The summed E-state index contributed by atoms with van der Waals surface area (Å²) in [6, 6.07) is 6.13.